The molecule has 0 aliphatic heterocycles. The predicted octanol–water partition coefficient (Wildman–Crippen LogP) is 3.53. The molecule has 3 nitrogen and oxygen atoms in total. The zero-order chi connectivity index (χ0) is 12.5. The monoisotopic (exact) mass is 255 g/mol. The lowest BCUT2D eigenvalue weighted by Crippen LogP contribution is -1.95. The number of rotatable bonds is 1. The minimum atomic E-state index is 0.457. The summed E-state index contributed by atoms with van der Waals surface area (Å²) in [5.41, 5.74) is 6.63. The van der Waals surface area contributed by atoms with Crippen molar-refractivity contribution in [1.29, 1.82) is 0 Å². The van der Waals surface area contributed by atoms with Crippen LogP contribution >= 0.6 is 11.6 Å². The molecule has 0 bridgehead atoms. The van der Waals surface area contributed by atoms with Crippen LogP contribution in [0.1, 0.15) is 0 Å². The van der Waals surface area contributed by atoms with Crippen LogP contribution in [-0.2, 0) is 0 Å². The number of anilines is 1. The number of hydrogen-bond donors (Lipinski definition) is 1. The number of aromatic nitrogens is 2. The SMILES string of the molecule is Nc1ccnc(-c2ccc(Cl)c3ccccc23)n1. The Hall–Kier alpha value is -2.13. The highest BCUT2D eigenvalue weighted by molar-refractivity contribution is 6.36. The quantitative estimate of drug-likeness (QED) is 0.724. The summed E-state index contributed by atoms with van der Waals surface area (Å²) in [5, 5.41) is 2.73. The molecule has 2 aromatic carbocycles. The van der Waals surface area contributed by atoms with E-state index in [1.54, 1.807) is 12.3 Å². The maximum atomic E-state index is 6.18. The fourth-order valence-electron chi connectivity index (χ4n) is 1.96. The van der Waals surface area contributed by atoms with Crippen molar-refractivity contribution >= 4 is 28.2 Å². The van der Waals surface area contributed by atoms with Gasteiger partial charge >= 0.3 is 0 Å². The number of halogens is 1. The smallest absolute Gasteiger partial charge is 0.162 e. The molecular formula is C14H10ClN3. The van der Waals surface area contributed by atoms with Crippen molar-refractivity contribution in [2.75, 3.05) is 5.73 Å². The molecule has 0 unspecified atom stereocenters. The average molecular weight is 256 g/mol. The molecule has 0 radical (unpaired) electrons. The van der Waals surface area contributed by atoms with Crippen LogP contribution in [0.4, 0.5) is 5.82 Å². The van der Waals surface area contributed by atoms with E-state index in [4.69, 9.17) is 17.3 Å². The topological polar surface area (TPSA) is 51.8 Å². The first-order valence-electron chi connectivity index (χ1n) is 5.52. The summed E-state index contributed by atoms with van der Waals surface area (Å²) in [6, 6.07) is 13.3. The van der Waals surface area contributed by atoms with Gasteiger partial charge in [0.25, 0.3) is 0 Å². The summed E-state index contributed by atoms with van der Waals surface area (Å²) < 4.78 is 0. The van der Waals surface area contributed by atoms with E-state index in [-0.39, 0.29) is 0 Å². The molecule has 0 aliphatic carbocycles. The van der Waals surface area contributed by atoms with Gasteiger partial charge in [0.1, 0.15) is 5.82 Å². The van der Waals surface area contributed by atoms with Crippen molar-refractivity contribution < 1.29 is 0 Å². The molecule has 0 fully saturated rings. The van der Waals surface area contributed by atoms with E-state index in [0.29, 0.717) is 11.6 Å². The molecule has 0 saturated carbocycles. The second-order valence-electron chi connectivity index (χ2n) is 3.95. The number of fused-ring (bicyclic) bond motifs is 1. The first-order chi connectivity index (χ1) is 8.75. The standard InChI is InChI=1S/C14H10ClN3/c15-12-6-5-11(9-3-1-2-4-10(9)12)14-17-8-7-13(16)18-14/h1-8H,(H2,16,17,18). The van der Waals surface area contributed by atoms with Crippen LogP contribution < -0.4 is 5.73 Å². The predicted molar refractivity (Wildman–Crippen MR) is 74.4 cm³/mol. The molecule has 0 spiro atoms. The Kier molecular flexibility index (Phi) is 2.61. The van der Waals surface area contributed by atoms with Gasteiger partial charge in [-0.3, -0.25) is 0 Å². The Morgan fingerprint density at radius 1 is 0.944 bits per heavy atom. The summed E-state index contributed by atoms with van der Waals surface area (Å²) >= 11 is 6.18. The Labute approximate surface area is 109 Å². The first-order valence-corrected chi connectivity index (χ1v) is 5.89. The lowest BCUT2D eigenvalue weighted by Gasteiger charge is -2.07. The fourth-order valence-corrected chi connectivity index (χ4v) is 2.19. The van der Waals surface area contributed by atoms with Crippen LogP contribution in [-0.4, -0.2) is 9.97 Å². The minimum Gasteiger partial charge on any atom is -0.384 e. The van der Waals surface area contributed by atoms with Crippen LogP contribution in [0.25, 0.3) is 22.2 Å². The molecule has 3 rings (SSSR count). The lowest BCUT2D eigenvalue weighted by atomic mass is 10.0. The van der Waals surface area contributed by atoms with Gasteiger partial charge in [-0.2, -0.15) is 0 Å². The lowest BCUT2D eigenvalue weighted by molar-refractivity contribution is 1.19. The molecule has 4 heteroatoms. The Morgan fingerprint density at radius 3 is 2.50 bits per heavy atom. The van der Waals surface area contributed by atoms with Crippen molar-refractivity contribution in [3.63, 3.8) is 0 Å². The van der Waals surface area contributed by atoms with Gasteiger partial charge in [0, 0.05) is 22.2 Å². The fraction of sp³-hybridized carbons (Fsp3) is 0. The van der Waals surface area contributed by atoms with E-state index < -0.39 is 0 Å². The van der Waals surface area contributed by atoms with Crippen LogP contribution in [0, 0.1) is 0 Å². The third-order valence-electron chi connectivity index (χ3n) is 2.79. The van der Waals surface area contributed by atoms with Gasteiger partial charge in [0.15, 0.2) is 5.82 Å². The van der Waals surface area contributed by atoms with Gasteiger partial charge in [-0.05, 0) is 23.6 Å². The number of nitrogen functional groups attached to an aromatic ring is 1. The summed E-state index contributed by atoms with van der Waals surface area (Å²) in [4.78, 5) is 8.50. The molecule has 1 heterocycles. The van der Waals surface area contributed by atoms with Crippen LogP contribution in [0.15, 0.2) is 48.7 Å². The zero-order valence-corrected chi connectivity index (χ0v) is 10.2. The van der Waals surface area contributed by atoms with E-state index in [2.05, 4.69) is 9.97 Å². The third kappa shape index (κ3) is 1.79. The first kappa shape index (κ1) is 11.0. The molecular weight excluding hydrogens is 246 g/mol. The molecule has 0 saturated heterocycles. The van der Waals surface area contributed by atoms with E-state index in [9.17, 15) is 0 Å². The van der Waals surface area contributed by atoms with E-state index >= 15 is 0 Å². The molecule has 88 valence electrons. The largest absolute Gasteiger partial charge is 0.384 e. The van der Waals surface area contributed by atoms with Gasteiger partial charge in [-0.1, -0.05) is 35.9 Å². The van der Waals surface area contributed by atoms with Crippen molar-refractivity contribution in [3.05, 3.63) is 53.7 Å². The minimum absolute atomic E-state index is 0.457. The van der Waals surface area contributed by atoms with Gasteiger partial charge in [-0.25, -0.2) is 9.97 Å². The highest BCUT2D eigenvalue weighted by Crippen LogP contribution is 2.31. The maximum Gasteiger partial charge on any atom is 0.162 e. The van der Waals surface area contributed by atoms with Crippen LogP contribution in [0.3, 0.4) is 0 Å². The highest BCUT2D eigenvalue weighted by atomic mass is 35.5. The van der Waals surface area contributed by atoms with Crippen LogP contribution in [0.5, 0.6) is 0 Å². The van der Waals surface area contributed by atoms with Gasteiger partial charge in [0.05, 0.1) is 0 Å². The van der Waals surface area contributed by atoms with Gasteiger partial charge in [0.2, 0.25) is 0 Å². The Bertz CT molecular complexity index is 725. The van der Waals surface area contributed by atoms with Crippen molar-refractivity contribution in [3.8, 4) is 11.4 Å². The number of hydrogen-bond acceptors (Lipinski definition) is 3. The molecule has 0 aliphatic rings. The van der Waals surface area contributed by atoms with Crippen molar-refractivity contribution in [2.24, 2.45) is 0 Å². The van der Waals surface area contributed by atoms with Gasteiger partial charge in [-0.15, -0.1) is 0 Å². The normalized spacial score (nSPS) is 10.7. The summed E-state index contributed by atoms with van der Waals surface area (Å²) in [6.07, 6.45) is 1.65. The second-order valence-corrected chi connectivity index (χ2v) is 4.35. The molecule has 18 heavy (non-hydrogen) atoms. The summed E-state index contributed by atoms with van der Waals surface area (Å²) in [5.74, 6) is 1.07. The maximum absolute atomic E-state index is 6.18. The summed E-state index contributed by atoms with van der Waals surface area (Å²) in [6.45, 7) is 0. The van der Waals surface area contributed by atoms with Crippen molar-refractivity contribution in [1.82, 2.24) is 9.97 Å². The summed E-state index contributed by atoms with van der Waals surface area (Å²) in [7, 11) is 0. The molecule has 2 N–H and O–H groups in total. The Balaban J connectivity index is 2.33. The molecule has 3 aromatic rings. The number of nitrogens with two attached hydrogens (primary N) is 1. The number of nitrogens with zero attached hydrogens (tertiary/aromatic N) is 2. The van der Waals surface area contributed by atoms with Crippen molar-refractivity contribution in [2.45, 2.75) is 0 Å². The molecule has 1 aromatic heterocycles. The highest BCUT2D eigenvalue weighted by Gasteiger charge is 2.08. The number of benzene rings is 2. The zero-order valence-electron chi connectivity index (χ0n) is 9.47. The van der Waals surface area contributed by atoms with Crippen LogP contribution in [0.2, 0.25) is 5.02 Å². The van der Waals surface area contributed by atoms with E-state index in [1.807, 2.05) is 36.4 Å². The molecule has 0 amide bonds. The van der Waals surface area contributed by atoms with E-state index in [0.717, 1.165) is 21.4 Å². The van der Waals surface area contributed by atoms with E-state index in [1.165, 1.54) is 0 Å². The van der Waals surface area contributed by atoms with Gasteiger partial charge < -0.3 is 5.73 Å². The third-order valence-corrected chi connectivity index (χ3v) is 3.12. The average Bonchev–Trinajstić information content (AvgIpc) is 2.39. The Morgan fingerprint density at radius 2 is 1.72 bits per heavy atom. The second kappa shape index (κ2) is 4.27. The molecule has 0 atom stereocenters.